The van der Waals surface area contributed by atoms with E-state index in [2.05, 4.69) is 10.3 Å². The van der Waals surface area contributed by atoms with Crippen molar-refractivity contribution in [2.75, 3.05) is 5.32 Å². The third-order valence-corrected chi connectivity index (χ3v) is 4.53. The lowest BCUT2D eigenvalue weighted by Crippen LogP contribution is -2.36. The van der Waals surface area contributed by atoms with Gasteiger partial charge in [-0.2, -0.15) is 0 Å². The van der Waals surface area contributed by atoms with Crippen LogP contribution in [-0.4, -0.2) is 20.5 Å². The number of hydrogen-bond donors (Lipinski definition) is 1. The Morgan fingerprint density at radius 3 is 2.45 bits per heavy atom. The van der Waals surface area contributed by atoms with E-state index in [1.807, 2.05) is 0 Å². The number of thiazole rings is 1. The molecule has 0 aliphatic rings. The molecule has 3 aromatic rings. The number of aryl methyl sites for hydroxylation is 1. The first-order valence-electron chi connectivity index (χ1n) is 6.40. The maximum atomic E-state index is 12.1. The summed E-state index contributed by atoms with van der Waals surface area (Å²) in [6.45, 7) is 0. The second kappa shape index (κ2) is 5.23. The Morgan fingerprint density at radius 1 is 1.14 bits per heavy atom. The van der Waals surface area contributed by atoms with Gasteiger partial charge in [0.15, 0.2) is 5.52 Å². The van der Waals surface area contributed by atoms with Crippen molar-refractivity contribution in [3.05, 3.63) is 45.1 Å². The fourth-order valence-electron chi connectivity index (χ4n) is 2.14. The Bertz CT molecular complexity index is 982. The quantitative estimate of drug-likeness (QED) is 0.728. The molecule has 2 heterocycles. The van der Waals surface area contributed by atoms with Crippen molar-refractivity contribution >= 4 is 33.8 Å². The standard InChI is InChI=1S/C14H12N4O3S/c1-17-12(20)10-13(18(2)14(17)21)22-11(16-10)8-3-5-9(6-4-8)15-7-19/h3-7H,1-2H3,(H,15,19). The van der Waals surface area contributed by atoms with Crippen LogP contribution in [0.1, 0.15) is 0 Å². The maximum Gasteiger partial charge on any atom is 0.331 e. The van der Waals surface area contributed by atoms with Crippen LogP contribution in [0.25, 0.3) is 20.9 Å². The van der Waals surface area contributed by atoms with Gasteiger partial charge in [-0.05, 0) is 24.3 Å². The van der Waals surface area contributed by atoms with E-state index in [-0.39, 0.29) is 11.2 Å². The summed E-state index contributed by atoms with van der Waals surface area (Å²) in [7, 11) is 3.05. The molecule has 8 heteroatoms. The SMILES string of the molecule is Cn1c(=O)c2nc(-c3ccc(NC=O)cc3)sc2n(C)c1=O. The molecule has 0 bridgehead atoms. The molecule has 0 saturated carbocycles. The number of rotatable bonds is 3. The topological polar surface area (TPSA) is 86.0 Å². The zero-order valence-electron chi connectivity index (χ0n) is 11.9. The molecule has 0 aliphatic carbocycles. The summed E-state index contributed by atoms with van der Waals surface area (Å²) in [6.07, 6.45) is 0.603. The van der Waals surface area contributed by atoms with Crippen LogP contribution in [0.4, 0.5) is 5.69 Å². The fourth-order valence-corrected chi connectivity index (χ4v) is 3.16. The van der Waals surface area contributed by atoms with Crippen molar-refractivity contribution in [3.8, 4) is 10.6 Å². The molecule has 22 heavy (non-hydrogen) atoms. The van der Waals surface area contributed by atoms with Crippen LogP contribution >= 0.6 is 11.3 Å². The van der Waals surface area contributed by atoms with E-state index >= 15 is 0 Å². The van der Waals surface area contributed by atoms with Gasteiger partial charge in [0.1, 0.15) is 9.84 Å². The third-order valence-electron chi connectivity index (χ3n) is 3.35. The Hall–Kier alpha value is -2.74. The van der Waals surface area contributed by atoms with E-state index in [9.17, 15) is 14.4 Å². The summed E-state index contributed by atoms with van der Waals surface area (Å²) in [4.78, 5) is 39.4. The highest BCUT2D eigenvalue weighted by atomic mass is 32.1. The maximum absolute atomic E-state index is 12.1. The van der Waals surface area contributed by atoms with Gasteiger partial charge in [0.05, 0.1) is 0 Å². The van der Waals surface area contributed by atoms with Crippen molar-refractivity contribution in [2.45, 2.75) is 0 Å². The molecular weight excluding hydrogens is 304 g/mol. The number of hydrogen-bond acceptors (Lipinski definition) is 5. The molecule has 3 rings (SSSR count). The van der Waals surface area contributed by atoms with E-state index in [1.165, 1.54) is 23.0 Å². The van der Waals surface area contributed by atoms with Gasteiger partial charge in [0, 0.05) is 25.3 Å². The normalized spacial score (nSPS) is 10.8. The molecular formula is C14H12N4O3S. The first-order chi connectivity index (χ1) is 10.5. The second-order valence-electron chi connectivity index (χ2n) is 4.72. The molecule has 0 fully saturated rings. The van der Waals surface area contributed by atoms with Crippen LogP contribution in [0.5, 0.6) is 0 Å². The molecule has 0 aliphatic heterocycles. The van der Waals surface area contributed by atoms with Crippen LogP contribution < -0.4 is 16.6 Å². The molecule has 1 N–H and O–H groups in total. The minimum absolute atomic E-state index is 0.277. The summed E-state index contributed by atoms with van der Waals surface area (Å²) in [5.41, 5.74) is 0.980. The third kappa shape index (κ3) is 2.13. The molecule has 1 amide bonds. The van der Waals surface area contributed by atoms with Crippen molar-refractivity contribution in [1.29, 1.82) is 0 Å². The van der Waals surface area contributed by atoms with Crippen molar-refractivity contribution < 1.29 is 4.79 Å². The van der Waals surface area contributed by atoms with Crippen molar-refractivity contribution in [3.63, 3.8) is 0 Å². The summed E-state index contributed by atoms with van der Waals surface area (Å²) in [6, 6.07) is 7.08. The first kappa shape index (κ1) is 14.2. The van der Waals surface area contributed by atoms with Crippen LogP contribution in [0.2, 0.25) is 0 Å². The number of carbonyl (C=O) groups excluding carboxylic acids is 1. The number of carbonyl (C=O) groups is 1. The number of benzene rings is 1. The number of nitrogens with zero attached hydrogens (tertiary/aromatic N) is 3. The smallest absolute Gasteiger partial charge is 0.329 e. The van der Waals surface area contributed by atoms with E-state index in [4.69, 9.17) is 0 Å². The molecule has 2 aromatic heterocycles. The van der Waals surface area contributed by atoms with Gasteiger partial charge in [0.25, 0.3) is 5.56 Å². The Morgan fingerprint density at radius 2 is 1.82 bits per heavy atom. The van der Waals surface area contributed by atoms with Crippen molar-refractivity contribution in [1.82, 2.24) is 14.1 Å². The average Bonchev–Trinajstić information content (AvgIpc) is 2.97. The zero-order chi connectivity index (χ0) is 15.9. The summed E-state index contributed by atoms with van der Waals surface area (Å²) in [5.74, 6) is 0. The molecule has 112 valence electrons. The molecule has 0 saturated heterocycles. The summed E-state index contributed by atoms with van der Waals surface area (Å²) < 4.78 is 2.46. The van der Waals surface area contributed by atoms with Crippen molar-refractivity contribution in [2.24, 2.45) is 14.1 Å². The number of fused-ring (bicyclic) bond motifs is 1. The predicted molar refractivity (Wildman–Crippen MR) is 85.2 cm³/mol. The molecule has 7 nitrogen and oxygen atoms in total. The minimum Gasteiger partial charge on any atom is -0.329 e. The lowest BCUT2D eigenvalue weighted by atomic mass is 10.2. The van der Waals surface area contributed by atoms with Gasteiger partial charge >= 0.3 is 5.69 Å². The van der Waals surface area contributed by atoms with Gasteiger partial charge < -0.3 is 5.32 Å². The van der Waals surface area contributed by atoms with E-state index in [1.54, 1.807) is 31.3 Å². The molecule has 0 atom stereocenters. The molecule has 0 spiro atoms. The molecule has 0 unspecified atom stereocenters. The van der Waals surface area contributed by atoms with E-state index < -0.39 is 5.56 Å². The lowest BCUT2D eigenvalue weighted by molar-refractivity contribution is -0.105. The first-order valence-corrected chi connectivity index (χ1v) is 7.21. The van der Waals surface area contributed by atoms with Gasteiger partial charge in [-0.15, -0.1) is 0 Å². The highest BCUT2D eigenvalue weighted by Gasteiger charge is 2.14. The summed E-state index contributed by atoms with van der Waals surface area (Å²) in [5, 5.41) is 3.19. The van der Waals surface area contributed by atoms with Gasteiger partial charge in [-0.3, -0.25) is 18.7 Å². The Balaban J connectivity index is 2.19. The number of anilines is 1. The number of nitrogens with one attached hydrogen (secondary N) is 1. The highest BCUT2D eigenvalue weighted by Crippen LogP contribution is 2.28. The summed E-state index contributed by atoms with van der Waals surface area (Å²) >= 11 is 1.28. The lowest BCUT2D eigenvalue weighted by Gasteiger charge is -2.00. The average molecular weight is 316 g/mol. The van der Waals surface area contributed by atoms with Gasteiger partial charge in [-0.25, -0.2) is 9.78 Å². The molecule has 0 radical (unpaired) electrons. The predicted octanol–water partition coefficient (Wildman–Crippen LogP) is 0.929. The van der Waals surface area contributed by atoms with Crippen LogP contribution in [0.15, 0.2) is 33.9 Å². The van der Waals surface area contributed by atoms with Crippen LogP contribution in [0, 0.1) is 0 Å². The monoisotopic (exact) mass is 316 g/mol. The number of aromatic nitrogens is 3. The van der Waals surface area contributed by atoms with Gasteiger partial charge in [0.2, 0.25) is 6.41 Å². The Labute approximate surface area is 128 Å². The van der Waals surface area contributed by atoms with Crippen LogP contribution in [-0.2, 0) is 18.9 Å². The zero-order valence-corrected chi connectivity index (χ0v) is 12.7. The van der Waals surface area contributed by atoms with E-state index in [0.29, 0.717) is 21.9 Å². The largest absolute Gasteiger partial charge is 0.331 e. The van der Waals surface area contributed by atoms with Gasteiger partial charge in [-0.1, -0.05) is 11.3 Å². The fraction of sp³-hybridized carbons (Fsp3) is 0.143. The second-order valence-corrected chi connectivity index (χ2v) is 5.70. The number of amides is 1. The van der Waals surface area contributed by atoms with E-state index in [0.717, 1.165) is 10.1 Å². The highest BCUT2D eigenvalue weighted by molar-refractivity contribution is 7.21. The minimum atomic E-state index is -0.403. The van der Waals surface area contributed by atoms with Crippen LogP contribution in [0.3, 0.4) is 0 Å². The molecule has 1 aromatic carbocycles. The Kier molecular flexibility index (Phi) is 3.38.